The van der Waals surface area contributed by atoms with Crippen LogP contribution in [0.4, 0.5) is 0 Å². The topological polar surface area (TPSA) is 219 Å². The molecular weight excluding hydrogens is 873 g/mol. The predicted molar refractivity (Wildman–Crippen MR) is 256 cm³/mol. The number of ketones is 3. The van der Waals surface area contributed by atoms with Gasteiger partial charge in [0.2, 0.25) is 5.79 Å². The van der Waals surface area contributed by atoms with E-state index in [2.05, 4.69) is 0 Å². The van der Waals surface area contributed by atoms with Crippen LogP contribution in [0.25, 0.3) is 0 Å². The van der Waals surface area contributed by atoms with Gasteiger partial charge in [-0.1, -0.05) is 71.1 Å². The molecule has 15 atom stereocenters. The summed E-state index contributed by atoms with van der Waals surface area (Å²) in [6.45, 7) is 14.2. The summed E-state index contributed by atoms with van der Waals surface area (Å²) in [7, 11) is 4.52. The van der Waals surface area contributed by atoms with Gasteiger partial charge in [-0.3, -0.25) is 19.2 Å². The summed E-state index contributed by atoms with van der Waals surface area (Å²) in [5.41, 5.74) is 1.27. The van der Waals surface area contributed by atoms with Crippen molar-refractivity contribution in [2.45, 2.75) is 187 Å². The maximum Gasteiger partial charge on any atom is 0.329 e. The Balaban J connectivity index is 0.00000397. The number of hydrogen-bond acceptors (Lipinski definition) is 14. The van der Waals surface area contributed by atoms with Crippen LogP contribution in [0.15, 0.2) is 47.6 Å². The zero-order valence-electron chi connectivity index (χ0n) is 42.6. The molecule has 0 aromatic heterocycles. The molecule has 1 amide bonds. The van der Waals surface area contributed by atoms with Crippen LogP contribution in [0.3, 0.4) is 0 Å². The van der Waals surface area contributed by atoms with Gasteiger partial charge < -0.3 is 43.9 Å². The number of allylic oxidation sites excluding steroid dienone is 6. The molecule has 4 aliphatic rings. The van der Waals surface area contributed by atoms with Crippen molar-refractivity contribution in [3.8, 4) is 6.07 Å². The number of aliphatic hydroxyl groups excluding tert-OH is 2. The van der Waals surface area contributed by atoms with Crippen LogP contribution in [-0.2, 0) is 47.7 Å². The van der Waals surface area contributed by atoms with Gasteiger partial charge in [-0.15, -0.1) is 0 Å². The van der Waals surface area contributed by atoms with E-state index in [4.69, 9.17) is 28.9 Å². The van der Waals surface area contributed by atoms with Gasteiger partial charge in [0.15, 0.2) is 5.78 Å². The highest BCUT2D eigenvalue weighted by Gasteiger charge is 2.53. The SMILES string of the molecule is CC#N.CO[C@H]1C[C@@H]2CC[C@@H](C)[C@@](O)(O2)C(=O)C(=O)N2CCCC[C@H]2C(=O)O[C@H]([C@H](C)C[C@@H]2CC[C@@H](O)[C@H](OC)C2)CC(=O)[C@H](C)/C=C(\C)[C@@H](O)[C@@H](OC)C(=O)[C@H](C)C[C@H](C)/C=C/C=CC=C1C. The van der Waals surface area contributed by atoms with Crippen LogP contribution in [0.5, 0.6) is 0 Å². The molecule has 0 radical (unpaired) electrons. The van der Waals surface area contributed by atoms with Crippen molar-refractivity contribution in [3.63, 3.8) is 0 Å². The molecule has 0 aromatic rings. The average molecular weight is 955 g/mol. The van der Waals surface area contributed by atoms with E-state index in [9.17, 15) is 39.3 Å². The van der Waals surface area contributed by atoms with Crippen LogP contribution in [0.2, 0.25) is 0 Å². The molecule has 3 N–H and O–H groups in total. The molecule has 4 rings (SSSR count). The number of ether oxygens (including phenoxy) is 5. The number of Topliss-reactive ketones (excluding diaryl/α,β-unsaturated/α-hetero) is 3. The molecule has 68 heavy (non-hydrogen) atoms. The summed E-state index contributed by atoms with van der Waals surface area (Å²) in [4.78, 5) is 71.8. The van der Waals surface area contributed by atoms with E-state index in [1.54, 1.807) is 47.1 Å². The highest BCUT2D eigenvalue weighted by Crippen LogP contribution is 2.38. The Morgan fingerprint density at radius 2 is 1.57 bits per heavy atom. The van der Waals surface area contributed by atoms with Gasteiger partial charge in [-0.25, -0.2) is 4.79 Å². The van der Waals surface area contributed by atoms with E-state index in [0.717, 1.165) is 12.0 Å². The van der Waals surface area contributed by atoms with Gasteiger partial charge in [0.05, 0.1) is 30.5 Å². The highest BCUT2D eigenvalue weighted by molar-refractivity contribution is 6.39. The molecule has 15 heteroatoms. The largest absolute Gasteiger partial charge is 0.460 e. The van der Waals surface area contributed by atoms with Gasteiger partial charge in [0.1, 0.15) is 30.1 Å². The number of piperidine rings is 1. The molecule has 0 unspecified atom stereocenters. The number of methoxy groups -OCH3 is 3. The average Bonchev–Trinajstić information content (AvgIpc) is 3.31. The van der Waals surface area contributed by atoms with E-state index in [-0.39, 0.29) is 54.8 Å². The first kappa shape index (κ1) is 58.4. The van der Waals surface area contributed by atoms with Crippen LogP contribution in [0.1, 0.15) is 132 Å². The van der Waals surface area contributed by atoms with E-state index in [1.165, 1.54) is 18.9 Å². The lowest BCUT2D eigenvalue weighted by atomic mass is 9.78. The fraction of sp³-hybridized carbons (Fsp3) is 0.736. The molecule has 2 saturated heterocycles. The number of carbonyl (C=O) groups excluding carboxylic acids is 5. The summed E-state index contributed by atoms with van der Waals surface area (Å²) >= 11 is 0. The zero-order valence-corrected chi connectivity index (χ0v) is 42.6. The minimum absolute atomic E-state index is 0.0193. The van der Waals surface area contributed by atoms with E-state index in [0.29, 0.717) is 63.4 Å². The Hall–Kier alpha value is -3.88. The number of nitrogens with zero attached hydrogens (tertiary/aromatic N) is 2. The second-order valence-electron chi connectivity index (χ2n) is 19.8. The molecule has 382 valence electrons. The third-order valence-corrected chi connectivity index (χ3v) is 14.5. The lowest BCUT2D eigenvalue weighted by Gasteiger charge is -2.42. The molecule has 1 saturated carbocycles. The molecule has 3 aliphatic heterocycles. The Bertz CT molecular complexity index is 1850. The third kappa shape index (κ3) is 16.1. The number of hydrogen-bond donors (Lipinski definition) is 3. The number of fused-ring (bicyclic) bond motifs is 3. The summed E-state index contributed by atoms with van der Waals surface area (Å²) < 4.78 is 29.4. The number of amides is 1. The fourth-order valence-corrected chi connectivity index (χ4v) is 10.1. The number of esters is 1. The van der Waals surface area contributed by atoms with Gasteiger partial charge in [0, 0.05) is 65.4 Å². The molecule has 0 spiro atoms. The smallest absolute Gasteiger partial charge is 0.329 e. The van der Waals surface area contributed by atoms with Crippen molar-refractivity contribution >= 4 is 29.2 Å². The van der Waals surface area contributed by atoms with Gasteiger partial charge in [0.25, 0.3) is 11.7 Å². The van der Waals surface area contributed by atoms with Gasteiger partial charge in [-0.2, -0.15) is 5.26 Å². The monoisotopic (exact) mass is 955 g/mol. The molecule has 1 aliphatic carbocycles. The summed E-state index contributed by atoms with van der Waals surface area (Å²) in [6, 6.07) is 0.610. The zero-order chi connectivity index (χ0) is 50.9. The number of nitriles is 1. The lowest BCUT2D eigenvalue weighted by Crippen LogP contribution is -2.61. The molecule has 3 heterocycles. The Morgan fingerprint density at radius 3 is 2.22 bits per heavy atom. The van der Waals surface area contributed by atoms with Crippen LogP contribution in [-0.4, -0.2) is 132 Å². The van der Waals surface area contributed by atoms with E-state index >= 15 is 0 Å². The van der Waals surface area contributed by atoms with Crippen molar-refractivity contribution < 1.29 is 63.0 Å². The van der Waals surface area contributed by atoms with Gasteiger partial charge in [-0.05, 0) is 107 Å². The third-order valence-electron chi connectivity index (χ3n) is 14.5. The minimum Gasteiger partial charge on any atom is -0.460 e. The molecule has 3 fully saturated rings. The summed E-state index contributed by atoms with van der Waals surface area (Å²) in [5, 5.41) is 41.2. The predicted octanol–water partition coefficient (Wildman–Crippen LogP) is 6.71. The van der Waals surface area contributed by atoms with Crippen LogP contribution in [0, 0.1) is 46.8 Å². The normalized spacial score (nSPS) is 37.5. The van der Waals surface area contributed by atoms with Gasteiger partial charge >= 0.3 is 5.97 Å². The Kier molecular flexibility index (Phi) is 24.1. The van der Waals surface area contributed by atoms with Crippen LogP contribution >= 0.6 is 0 Å². The molecule has 15 nitrogen and oxygen atoms in total. The summed E-state index contributed by atoms with van der Waals surface area (Å²) in [6.07, 6.45) is 11.2. The fourth-order valence-electron chi connectivity index (χ4n) is 10.1. The minimum atomic E-state index is -2.43. The van der Waals surface area contributed by atoms with Crippen molar-refractivity contribution in [2.24, 2.45) is 35.5 Å². The summed E-state index contributed by atoms with van der Waals surface area (Å²) in [5.74, 6) is -7.96. The lowest BCUT2D eigenvalue weighted by molar-refractivity contribution is -0.265. The Morgan fingerprint density at radius 1 is 0.882 bits per heavy atom. The Labute approximate surface area is 405 Å². The van der Waals surface area contributed by atoms with Crippen molar-refractivity contribution in [3.05, 3.63) is 47.6 Å². The van der Waals surface area contributed by atoms with E-state index < -0.39 is 83.9 Å². The second kappa shape index (κ2) is 28.1. The number of cyclic esters (lactones) is 1. The number of rotatable bonds is 6. The first-order chi connectivity index (χ1) is 32.2. The number of aliphatic hydroxyl groups is 3. The van der Waals surface area contributed by atoms with Crippen molar-refractivity contribution in [2.75, 3.05) is 27.9 Å². The number of carbonyl (C=O) groups is 5. The van der Waals surface area contributed by atoms with Crippen molar-refractivity contribution in [1.82, 2.24) is 4.90 Å². The highest BCUT2D eigenvalue weighted by atomic mass is 16.6. The van der Waals surface area contributed by atoms with E-state index in [1.807, 2.05) is 58.1 Å². The quantitative estimate of drug-likeness (QED) is 0.143. The second-order valence-corrected chi connectivity index (χ2v) is 19.8. The molecule has 0 aromatic carbocycles. The first-order valence-corrected chi connectivity index (χ1v) is 24.6. The molecular formula is C53H82N2O13. The standard InChI is InChI=1S/C51H79NO13.C2H3N/c1-30-16-12-11-13-17-31(2)42(61-8)28-38-21-19-36(7)51(60,65-38)48(57)49(58)52-23-15-14-18-39(52)50(59)64-43(33(4)26-37-20-22-40(53)44(27-37)62-9)29-41(54)32(3)25-35(6)46(56)47(63-10)45(55)34(5)24-30;1-2-3/h11-13,16-17,25,30,32-34,36-40,42-44,46-47,53,56,60H,14-15,18-24,26-29H2,1-10H3;1H3/b13-11?,16-12+,31-17?,35-25+;/t30-,32-,33-,34-,36-,37+,38+,39+,40-,42+,43+,44-,46-,47+,51-;/m1./s1. The molecule has 2 bridgehead atoms. The maximum atomic E-state index is 14.4. The first-order valence-electron chi connectivity index (χ1n) is 24.6. The maximum absolute atomic E-state index is 14.4. The van der Waals surface area contributed by atoms with Crippen molar-refractivity contribution in [1.29, 1.82) is 5.26 Å². The van der Waals surface area contributed by atoms with Crippen LogP contribution < -0.4 is 0 Å².